The molecule has 4 aromatic carbocycles. The van der Waals surface area contributed by atoms with Crippen molar-refractivity contribution in [2.45, 2.75) is 30.6 Å². The summed E-state index contributed by atoms with van der Waals surface area (Å²) in [5.74, 6) is -0.721. The highest BCUT2D eigenvalue weighted by molar-refractivity contribution is 7.92. The fraction of sp³-hybridized carbons (Fsp3) is 0.258. The summed E-state index contributed by atoms with van der Waals surface area (Å²) >= 11 is 0. The number of aryl methyl sites for hydroxylation is 1. The second-order valence-electron chi connectivity index (χ2n) is 10.2. The molecule has 1 atom stereocenters. The molecule has 1 amide bonds. The average Bonchev–Trinajstić information content (AvgIpc) is 2.98. The van der Waals surface area contributed by atoms with Gasteiger partial charge in [-0.15, -0.1) is 0 Å². The standard InChI is InChI=1S/C31H33N3O5S2/c35-31(26-14-7-21-34(23-26)40(36,37)22-8-11-24-9-2-1-3-10-24)32-27-17-19-28(20-18-27)41(38,39)33-30-16-6-13-25-12-4-5-15-29(25)30/h1-6,9-10,12-13,15-20,26,33H,7-8,11,14,21-23H2,(H,32,35)/t26-/m0/s1. The number of rotatable bonds is 10. The first kappa shape index (κ1) is 28.8. The van der Waals surface area contributed by atoms with Crippen LogP contribution in [0.25, 0.3) is 10.8 Å². The fourth-order valence-electron chi connectivity index (χ4n) is 5.12. The molecule has 214 valence electrons. The summed E-state index contributed by atoms with van der Waals surface area (Å²) in [4.78, 5) is 13.1. The second kappa shape index (κ2) is 12.4. The molecule has 0 aliphatic carbocycles. The number of hydrogen-bond donors (Lipinski definition) is 2. The number of carbonyl (C=O) groups is 1. The van der Waals surface area contributed by atoms with Crippen LogP contribution in [0.4, 0.5) is 11.4 Å². The zero-order chi connectivity index (χ0) is 28.9. The van der Waals surface area contributed by atoms with Crippen LogP contribution in [0.15, 0.2) is 102 Å². The van der Waals surface area contributed by atoms with Gasteiger partial charge in [-0.1, -0.05) is 66.7 Å². The van der Waals surface area contributed by atoms with Crippen LogP contribution in [-0.4, -0.2) is 45.9 Å². The molecular formula is C31H33N3O5S2. The van der Waals surface area contributed by atoms with Crippen molar-refractivity contribution >= 4 is 48.1 Å². The molecule has 0 bridgehead atoms. The Bertz CT molecular complexity index is 1720. The normalized spacial score (nSPS) is 16.3. The van der Waals surface area contributed by atoms with Crippen molar-refractivity contribution in [3.05, 3.63) is 103 Å². The maximum atomic E-state index is 13.1. The summed E-state index contributed by atoms with van der Waals surface area (Å²) in [7, 11) is -7.33. The summed E-state index contributed by atoms with van der Waals surface area (Å²) in [6.07, 6.45) is 2.39. The number of benzene rings is 4. The molecule has 0 saturated carbocycles. The third-order valence-electron chi connectivity index (χ3n) is 7.32. The van der Waals surface area contributed by atoms with Crippen LogP contribution in [-0.2, 0) is 31.3 Å². The predicted molar refractivity (Wildman–Crippen MR) is 163 cm³/mol. The minimum atomic E-state index is -3.86. The number of nitrogens with one attached hydrogen (secondary N) is 2. The fourth-order valence-corrected chi connectivity index (χ4v) is 7.78. The first-order chi connectivity index (χ1) is 19.7. The quantitative estimate of drug-likeness (QED) is 0.262. The zero-order valence-corrected chi connectivity index (χ0v) is 24.2. The lowest BCUT2D eigenvalue weighted by atomic mass is 9.99. The highest BCUT2D eigenvalue weighted by Gasteiger charge is 2.32. The molecule has 2 N–H and O–H groups in total. The molecule has 1 aliphatic rings. The van der Waals surface area contributed by atoms with Gasteiger partial charge in [0.1, 0.15) is 0 Å². The van der Waals surface area contributed by atoms with Crippen molar-refractivity contribution in [2.75, 3.05) is 28.9 Å². The van der Waals surface area contributed by atoms with E-state index < -0.39 is 26.0 Å². The van der Waals surface area contributed by atoms with Crippen molar-refractivity contribution in [2.24, 2.45) is 5.92 Å². The van der Waals surface area contributed by atoms with Gasteiger partial charge in [0, 0.05) is 24.2 Å². The molecule has 1 saturated heterocycles. The summed E-state index contributed by atoms with van der Waals surface area (Å²) < 4.78 is 56.1. The summed E-state index contributed by atoms with van der Waals surface area (Å²) in [6.45, 7) is 0.550. The summed E-state index contributed by atoms with van der Waals surface area (Å²) in [6, 6.07) is 28.7. The van der Waals surface area contributed by atoms with Gasteiger partial charge < -0.3 is 5.32 Å². The van der Waals surface area contributed by atoms with E-state index in [4.69, 9.17) is 0 Å². The van der Waals surface area contributed by atoms with Crippen LogP contribution >= 0.6 is 0 Å². The third kappa shape index (κ3) is 7.13. The van der Waals surface area contributed by atoms with Gasteiger partial charge in [-0.3, -0.25) is 9.52 Å². The maximum Gasteiger partial charge on any atom is 0.261 e. The number of hydrogen-bond acceptors (Lipinski definition) is 5. The Hall–Kier alpha value is -3.73. The van der Waals surface area contributed by atoms with Crippen molar-refractivity contribution in [3.63, 3.8) is 0 Å². The number of fused-ring (bicyclic) bond motifs is 1. The minimum Gasteiger partial charge on any atom is -0.326 e. The van der Waals surface area contributed by atoms with Crippen molar-refractivity contribution in [3.8, 4) is 0 Å². The van der Waals surface area contributed by atoms with Crippen LogP contribution in [0, 0.1) is 5.92 Å². The zero-order valence-electron chi connectivity index (χ0n) is 22.6. The molecule has 0 radical (unpaired) electrons. The minimum absolute atomic E-state index is 0.0407. The Balaban J connectivity index is 1.18. The molecule has 1 heterocycles. The predicted octanol–water partition coefficient (Wildman–Crippen LogP) is 5.25. The van der Waals surface area contributed by atoms with E-state index in [-0.39, 0.29) is 23.1 Å². The van der Waals surface area contributed by atoms with E-state index in [9.17, 15) is 21.6 Å². The number of anilines is 2. The molecule has 0 spiro atoms. The molecule has 5 rings (SSSR count). The lowest BCUT2D eigenvalue weighted by molar-refractivity contribution is -0.120. The van der Waals surface area contributed by atoms with Gasteiger partial charge in [-0.2, -0.15) is 0 Å². The summed E-state index contributed by atoms with van der Waals surface area (Å²) in [5, 5.41) is 4.54. The Morgan fingerprint density at radius 2 is 1.54 bits per heavy atom. The number of amides is 1. The van der Waals surface area contributed by atoms with Crippen molar-refractivity contribution in [1.82, 2.24) is 4.31 Å². The number of carbonyl (C=O) groups excluding carboxylic acids is 1. The Kier molecular flexibility index (Phi) is 8.72. The van der Waals surface area contributed by atoms with Crippen LogP contribution < -0.4 is 10.0 Å². The Morgan fingerprint density at radius 3 is 2.32 bits per heavy atom. The molecule has 8 nitrogen and oxygen atoms in total. The molecule has 41 heavy (non-hydrogen) atoms. The molecule has 10 heteroatoms. The van der Waals surface area contributed by atoms with Gasteiger partial charge in [0.2, 0.25) is 15.9 Å². The highest BCUT2D eigenvalue weighted by Crippen LogP contribution is 2.27. The van der Waals surface area contributed by atoms with Crippen molar-refractivity contribution < 1.29 is 21.6 Å². The smallest absolute Gasteiger partial charge is 0.261 e. The van der Waals surface area contributed by atoms with Crippen molar-refractivity contribution in [1.29, 1.82) is 0 Å². The van der Waals surface area contributed by atoms with Crippen LogP contribution in [0.2, 0.25) is 0 Å². The van der Waals surface area contributed by atoms with E-state index in [0.29, 0.717) is 43.6 Å². The van der Waals surface area contributed by atoms with Gasteiger partial charge in [0.15, 0.2) is 0 Å². The SMILES string of the molecule is O=C(Nc1ccc(S(=O)(=O)Nc2cccc3ccccc23)cc1)[C@H]1CCCN(S(=O)(=O)CCCc2ccccc2)C1. The second-order valence-corrected chi connectivity index (χ2v) is 14.0. The van der Waals surface area contributed by atoms with E-state index in [0.717, 1.165) is 16.3 Å². The summed E-state index contributed by atoms with van der Waals surface area (Å²) in [5.41, 5.74) is 2.03. The van der Waals surface area contributed by atoms with E-state index >= 15 is 0 Å². The van der Waals surface area contributed by atoms with Gasteiger partial charge in [-0.25, -0.2) is 21.1 Å². The van der Waals surface area contributed by atoms with E-state index in [1.165, 1.54) is 28.6 Å². The molecule has 1 fully saturated rings. The average molecular weight is 592 g/mol. The maximum absolute atomic E-state index is 13.1. The molecule has 0 unspecified atom stereocenters. The van der Waals surface area contributed by atoms with Crippen LogP contribution in [0.3, 0.4) is 0 Å². The third-order valence-corrected chi connectivity index (χ3v) is 10.6. The Labute approximate surface area is 241 Å². The largest absolute Gasteiger partial charge is 0.326 e. The van der Waals surface area contributed by atoms with E-state index in [1.54, 1.807) is 12.1 Å². The topological polar surface area (TPSA) is 113 Å². The number of sulfonamides is 2. The lowest BCUT2D eigenvalue weighted by Crippen LogP contribution is -2.44. The highest BCUT2D eigenvalue weighted by atomic mass is 32.2. The van der Waals surface area contributed by atoms with E-state index in [2.05, 4.69) is 10.0 Å². The van der Waals surface area contributed by atoms with Crippen LogP contribution in [0.5, 0.6) is 0 Å². The Morgan fingerprint density at radius 1 is 0.829 bits per heavy atom. The van der Waals surface area contributed by atoms with Gasteiger partial charge in [0.25, 0.3) is 10.0 Å². The lowest BCUT2D eigenvalue weighted by Gasteiger charge is -2.31. The number of piperidine rings is 1. The molecule has 0 aromatic heterocycles. The van der Waals surface area contributed by atoms with Crippen LogP contribution in [0.1, 0.15) is 24.8 Å². The van der Waals surface area contributed by atoms with E-state index in [1.807, 2.05) is 60.7 Å². The first-order valence-electron chi connectivity index (χ1n) is 13.6. The van der Waals surface area contributed by atoms with Gasteiger partial charge in [-0.05, 0) is 67.0 Å². The van der Waals surface area contributed by atoms with Gasteiger partial charge >= 0.3 is 0 Å². The van der Waals surface area contributed by atoms with Gasteiger partial charge in [0.05, 0.1) is 22.3 Å². The monoisotopic (exact) mass is 591 g/mol. The molecule has 1 aliphatic heterocycles. The first-order valence-corrected chi connectivity index (χ1v) is 16.7. The molecular weight excluding hydrogens is 558 g/mol. The molecule has 4 aromatic rings. The number of nitrogens with zero attached hydrogens (tertiary/aromatic N) is 1.